The van der Waals surface area contributed by atoms with Crippen LogP contribution in [-0.4, -0.2) is 33.1 Å². The summed E-state index contributed by atoms with van der Waals surface area (Å²) >= 11 is 1.30. The van der Waals surface area contributed by atoms with Gasteiger partial charge in [0.15, 0.2) is 5.01 Å². The summed E-state index contributed by atoms with van der Waals surface area (Å²) < 4.78 is 32.4. The minimum atomic E-state index is -0.937. The number of nitrogens with one attached hydrogen (secondary N) is 1. The van der Waals surface area contributed by atoms with Crippen molar-refractivity contribution < 1.29 is 13.3 Å². The van der Waals surface area contributed by atoms with Crippen molar-refractivity contribution in [3.8, 4) is 10.7 Å². The van der Waals surface area contributed by atoms with E-state index in [1.807, 2.05) is 0 Å². The van der Waals surface area contributed by atoms with Crippen molar-refractivity contribution in [3.05, 3.63) is 42.2 Å². The molecule has 0 unspecified atom stereocenters. The van der Waals surface area contributed by atoms with Crippen molar-refractivity contribution in [2.24, 2.45) is 0 Å². The molecule has 1 saturated carbocycles. The zero-order valence-corrected chi connectivity index (χ0v) is 13.3. The highest BCUT2D eigenvalue weighted by Crippen LogP contribution is 2.45. The Morgan fingerprint density at radius 2 is 2.21 bits per heavy atom. The van der Waals surface area contributed by atoms with E-state index in [0.717, 1.165) is 0 Å². The minimum absolute atomic E-state index is 0.239. The average Bonchev–Trinajstić information content (AvgIpc) is 3.22. The Kier molecular flexibility index (Phi) is 3.72. The molecule has 0 saturated heterocycles. The van der Waals surface area contributed by atoms with Gasteiger partial charge in [0.25, 0.3) is 0 Å². The van der Waals surface area contributed by atoms with Crippen molar-refractivity contribution in [1.82, 2.24) is 20.3 Å². The number of hydrogen-bond acceptors (Lipinski definition) is 7. The highest BCUT2D eigenvalue weighted by Gasteiger charge is 2.48. The quantitative estimate of drug-likeness (QED) is 0.762. The molecule has 0 aliphatic heterocycles. The fraction of sp³-hybridized carbons (Fsp3) is 0.333. The first-order valence-electron chi connectivity index (χ1n) is 7.39. The number of nitrogens with zero attached hydrogens (tertiary/aromatic N) is 4. The standard InChI is InChI=1S/C15H13F2N5OS/c16-9-6-15(7-9,12-10(17)2-1-4-18-12)8-19-14-21-20-13(24-14)11-3-5-23-22-11/h1-5,9H,6-8H2,(H,19,21). The van der Waals surface area contributed by atoms with E-state index in [4.69, 9.17) is 4.52 Å². The van der Waals surface area contributed by atoms with Crippen LogP contribution in [-0.2, 0) is 5.41 Å². The van der Waals surface area contributed by atoms with Gasteiger partial charge in [-0.3, -0.25) is 4.98 Å². The Morgan fingerprint density at radius 1 is 1.33 bits per heavy atom. The smallest absolute Gasteiger partial charge is 0.206 e. The van der Waals surface area contributed by atoms with Gasteiger partial charge in [0.2, 0.25) is 5.13 Å². The molecule has 1 aliphatic rings. The average molecular weight is 349 g/mol. The van der Waals surface area contributed by atoms with Crippen LogP contribution >= 0.6 is 11.3 Å². The largest absolute Gasteiger partial charge is 0.364 e. The lowest BCUT2D eigenvalue weighted by Crippen LogP contribution is -2.48. The summed E-state index contributed by atoms with van der Waals surface area (Å²) in [5.74, 6) is -0.410. The van der Waals surface area contributed by atoms with E-state index in [2.05, 4.69) is 25.7 Å². The van der Waals surface area contributed by atoms with Crippen molar-refractivity contribution in [1.29, 1.82) is 0 Å². The monoisotopic (exact) mass is 349 g/mol. The lowest BCUT2D eigenvalue weighted by Gasteiger charge is -2.43. The van der Waals surface area contributed by atoms with Gasteiger partial charge in [-0.25, -0.2) is 8.78 Å². The molecule has 24 heavy (non-hydrogen) atoms. The Morgan fingerprint density at radius 3 is 2.92 bits per heavy atom. The first-order chi connectivity index (χ1) is 11.7. The van der Waals surface area contributed by atoms with Crippen molar-refractivity contribution in [3.63, 3.8) is 0 Å². The molecule has 6 nitrogen and oxygen atoms in total. The second-order valence-electron chi connectivity index (χ2n) is 5.77. The molecule has 0 atom stereocenters. The van der Waals surface area contributed by atoms with E-state index >= 15 is 0 Å². The van der Waals surface area contributed by atoms with Gasteiger partial charge in [-0.1, -0.05) is 16.5 Å². The summed E-state index contributed by atoms with van der Waals surface area (Å²) in [4.78, 5) is 4.13. The van der Waals surface area contributed by atoms with Gasteiger partial charge in [0, 0.05) is 24.2 Å². The molecule has 1 aliphatic carbocycles. The van der Waals surface area contributed by atoms with E-state index in [1.54, 1.807) is 6.07 Å². The molecule has 0 radical (unpaired) electrons. The first-order valence-corrected chi connectivity index (χ1v) is 8.21. The molecule has 1 fully saturated rings. The van der Waals surface area contributed by atoms with Crippen LogP contribution < -0.4 is 5.32 Å². The molecule has 0 spiro atoms. The lowest BCUT2D eigenvalue weighted by molar-refractivity contribution is 0.0965. The van der Waals surface area contributed by atoms with E-state index in [-0.39, 0.29) is 12.8 Å². The number of aromatic nitrogens is 4. The Bertz CT molecular complexity index is 832. The van der Waals surface area contributed by atoms with Gasteiger partial charge in [0.1, 0.15) is 23.9 Å². The van der Waals surface area contributed by atoms with Crippen LogP contribution in [0.4, 0.5) is 13.9 Å². The zero-order valence-electron chi connectivity index (χ0n) is 12.4. The van der Waals surface area contributed by atoms with Crippen LogP contribution in [0.2, 0.25) is 0 Å². The summed E-state index contributed by atoms with van der Waals surface area (Å²) in [6.45, 7) is 0.342. The maximum atomic E-state index is 14.1. The van der Waals surface area contributed by atoms with Gasteiger partial charge < -0.3 is 9.84 Å². The fourth-order valence-electron chi connectivity index (χ4n) is 2.95. The van der Waals surface area contributed by atoms with Gasteiger partial charge in [-0.2, -0.15) is 0 Å². The highest BCUT2D eigenvalue weighted by molar-refractivity contribution is 7.18. The van der Waals surface area contributed by atoms with Gasteiger partial charge in [-0.15, -0.1) is 10.2 Å². The molecule has 3 aromatic rings. The molecule has 3 heterocycles. The Hall–Kier alpha value is -2.42. The molecule has 0 amide bonds. The third kappa shape index (κ3) is 2.64. The van der Waals surface area contributed by atoms with Gasteiger partial charge in [0.05, 0.1) is 5.69 Å². The van der Waals surface area contributed by atoms with Crippen LogP contribution in [0.15, 0.2) is 35.2 Å². The zero-order chi connectivity index (χ0) is 16.6. The van der Waals surface area contributed by atoms with Crippen molar-refractivity contribution in [2.45, 2.75) is 24.4 Å². The number of alkyl halides is 1. The third-order valence-corrected chi connectivity index (χ3v) is 5.05. The number of halogens is 2. The van der Waals surface area contributed by atoms with Crippen LogP contribution in [0.1, 0.15) is 18.5 Å². The topological polar surface area (TPSA) is 76.7 Å². The number of anilines is 1. The summed E-state index contributed by atoms with van der Waals surface area (Å²) in [6.07, 6.45) is 2.53. The van der Waals surface area contributed by atoms with E-state index in [1.165, 1.54) is 35.9 Å². The first kappa shape index (κ1) is 15.1. The molecule has 9 heteroatoms. The molecular weight excluding hydrogens is 336 g/mol. The Labute approximate surface area is 139 Å². The normalized spacial score (nSPS) is 23.0. The molecule has 4 rings (SSSR count). The maximum absolute atomic E-state index is 14.1. The second-order valence-corrected chi connectivity index (χ2v) is 6.75. The van der Waals surface area contributed by atoms with Gasteiger partial charge in [-0.05, 0) is 25.0 Å². The maximum Gasteiger partial charge on any atom is 0.206 e. The van der Waals surface area contributed by atoms with E-state index < -0.39 is 17.4 Å². The molecule has 0 aromatic carbocycles. The third-order valence-electron chi connectivity index (χ3n) is 4.15. The molecule has 1 N–H and O–H groups in total. The van der Waals surface area contributed by atoms with Crippen LogP contribution in [0.25, 0.3) is 10.7 Å². The van der Waals surface area contributed by atoms with Crippen LogP contribution in [0, 0.1) is 5.82 Å². The van der Waals surface area contributed by atoms with Crippen molar-refractivity contribution >= 4 is 16.5 Å². The molecule has 3 aromatic heterocycles. The predicted molar refractivity (Wildman–Crippen MR) is 83.9 cm³/mol. The predicted octanol–water partition coefficient (Wildman–Crippen LogP) is 3.21. The van der Waals surface area contributed by atoms with Crippen molar-refractivity contribution in [2.75, 3.05) is 11.9 Å². The SMILES string of the molecule is Fc1cccnc1C1(CNc2nnc(-c3ccon3)s2)CC(F)C1. The summed E-state index contributed by atoms with van der Waals surface area (Å²) in [7, 11) is 0. The second kappa shape index (κ2) is 5.90. The molecular formula is C15H13F2N5OS. The fourth-order valence-corrected chi connectivity index (χ4v) is 3.65. The highest BCUT2D eigenvalue weighted by atomic mass is 32.1. The van der Waals surface area contributed by atoms with E-state index in [9.17, 15) is 8.78 Å². The van der Waals surface area contributed by atoms with E-state index in [0.29, 0.717) is 28.1 Å². The van der Waals surface area contributed by atoms with Crippen LogP contribution in [0.3, 0.4) is 0 Å². The number of rotatable bonds is 5. The van der Waals surface area contributed by atoms with Crippen LogP contribution in [0.5, 0.6) is 0 Å². The minimum Gasteiger partial charge on any atom is -0.364 e. The Balaban J connectivity index is 1.52. The molecule has 0 bridgehead atoms. The summed E-state index contributed by atoms with van der Waals surface area (Å²) in [5.41, 5.74) is 0.232. The van der Waals surface area contributed by atoms with Gasteiger partial charge >= 0.3 is 0 Å². The summed E-state index contributed by atoms with van der Waals surface area (Å²) in [6, 6.07) is 4.57. The summed E-state index contributed by atoms with van der Waals surface area (Å²) in [5, 5.41) is 16.2. The molecule has 124 valence electrons. The lowest BCUT2D eigenvalue weighted by atomic mass is 9.65. The number of pyridine rings is 1. The number of hydrogen-bond donors (Lipinski definition) is 1.